The third kappa shape index (κ3) is 3.95. The quantitative estimate of drug-likeness (QED) is 0.731. The summed E-state index contributed by atoms with van der Waals surface area (Å²) in [5.41, 5.74) is 1.92. The first-order valence-electron chi connectivity index (χ1n) is 9.78. The first-order chi connectivity index (χ1) is 13.5. The molecule has 1 atom stereocenters. The van der Waals surface area contributed by atoms with Crippen molar-refractivity contribution in [2.45, 2.75) is 25.4 Å². The minimum atomic E-state index is -0.124. The van der Waals surface area contributed by atoms with Crippen LogP contribution in [0, 0.1) is 5.92 Å². The Hall–Kier alpha value is -2.25. The van der Waals surface area contributed by atoms with Gasteiger partial charge in [0.15, 0.2) is 0 Å². The fourth-order valence-corrected chi connectivity index (χ4v) is 4.09. The number of fused-ring (bicyclic) bond motifs is 1. The number of nitrogens with one attached hydrogen (secondary N) is 3. The molecule has 0 bridgehead atoms. The van der Waals surface area contributed by atoms with Gasteiger partial charge in [-0.25, -0.2) is 4.79 Å². The molecule has 0 aliphatic carbocycles. The van der Waals surface area contributed by atoms with Crippen LogP contribution in [0.4, 0.5) is 4.79 Å². The average molecular weight is 404 g/mol. The topological polar surface area (TPSA) is 80.5 Å². The SMILES string of the molecule is CN(C(=O)NCc1cc2cc(Cl)ccc2[nH]1)C1CCCN(C(=O)C2CNC2)C1. The van der Waals surface area contributed by atoms with E-state index in [0.29, 0.717) is 18.1 Å². The van der Waals surface area contributed by atoms with Gasteiger partial charge in [-0.05, 0) is 37.1 Å². The minimum Gasteiger partial charge on any atom is -0.357 e. The highest BCUT2D eigenvalue weighted by atomic mass is 35.5. The summed E-state index contributed by atoms with van der Waals surface area (Å²) >= 11 is 6.03. The van der Waals surface area contributed by atoms with E-state index < -0.39 is 0 Å². The van der Waals surface area contributed by atoms with Crippen molar-refractivity contribution in [3.8, 4) is 0 Å². The van der Waals surface area contributed by atoms with Crippen LogP contribution in [0.2, 0.25) is 5.02 Å². The third-order valence-corrected chi connectivity index (χ3v) is 6.01. The van der Waals surface area contributed by atoms with E-state index >= 15 is 0 Å². The predicted molar refractivity (Wildman–Crippen MR) is 109 cm³/mol. The number of hydrogen-bond donors (Lipinski definition) is 3. The van der Waals surface area contributed by atoms with Crippen LogP contribution in [0.1, 0.15) is 18.5 Å². The molecule has 3 amide bonds. The van der Waals surface area contributed by atoms with Gasteiger partial charge >= 0.3 is 6.03 Å². The predicted octanol–water partition coefficient (Wildman–Crippen LogP) is 2.17. The lowest BCUT2D eigenvalue weighted by atomic mass is 9.98. The van der Waals surface area contributed by atoms with Crippen LogP contribution in [0.3, 0.4) is 0 Å². The summed E-state index contributed by atoms with van der Waals surface area (Å²) in [4.78, 5) is 32.1. The molecule has 2 aliphatic rings. The Morgan fingerprint density at radius 3 is 2.89 bits per heavy atom. The number of benzene rings is 1. The van der Waals surface area contributed by atoms with Gasteiger partial charge < -0.3 is 25.4 Å². The first kappa shape index (κ1) is 19.1. The Morgan fingerprint density at radius 2 is 2.14 bits per heavy atom. The Morgan fingerprint density at radius 1 is 1.32 bits per heavy atom. The molecule has 2 fully saturated rings. The van der Waals surface area contributed by atoms with E-state index in [1.54, 1.807) is 4.90 Å². The number of hydrogen-bond acceptors (Lipinski definition) is 3. The molecule has 0 spiro atoms. The molecule has 0 radical (unpaired) electrons. The monoisotopic (exact) mass is 403 g/mol. The van der Waals surface area contributed by atoms with Gasteiger partial charge in [0.05, 0.1) is 18.5 Å². The van der Waals surface area contributed by atoms with E-state index in [9.17, 15) is 9.59 Å². The standard InChI is InChI=1S/C20H26ClN5O2/c1-25(17-3-2-6-26(12-17)19(27)14-9-22-10-14)20(28)23-11-16-8-13-7-15(21)4-5-18(13)24-16/h4-5,7-8,14,17,22,24H,2-3,6,9-12H2,1H3,(H,23,28). The van der Waals surface area contributed by atoms with Crippen molar-refractivity contribution >= 4 is 34.4 Å². The van der Waals surface area contributed by atoms with Crippen LogP contribution >= 0.6 is 11.6 Å². The highest BCUT2D eigenvalue weighted by molar-refractivity contribution is 6.31. The van der Waals surface area contributed by atoms with Gasteiger partial charge in [0, 0.05) is 54.8 Å². The van der Waals surface area contributed by atoms with Crippen molar-refractivity contribution in [3.05, 3.63) is 35.0 Å². The second-order valence-corrected chi connectivity index (χ2v) is 8.17. The molecule has 4 rings (SSSR count). The molecule has 28 heavy (non-hydrogen) atoms. The van der Waals surface area contributed by atoms with Gasteiger partial charge in [-0.1, -0.05) is 11.6 Å². The lowest BCUT2D eigenvalue weighted by molar-refractivity contribution is -0.139. The van der Waals surface area contributed by atoms with Crippen LogP contribution in [0.15, 0.2) is 24.3 Å². The van der Waals surface area contributed by atoms with Crippen molar-refractivity contribution in [1.29, 1.82) is 0 Å². The highest BCUT2D eigenvalue weighted by Crippen LogP contribution is 2.21. The minimum absolute atomic E-state index is 0.0484. The fraction of sp³-hybridized carbons (Fsp3) is 0.500. The smallest absolute Gasteiger partial charge is 0.317 e. The van der Waals surface area contributed by atoms with E-state index in [0.717, 1.165) is 49.1 Å². The molecule has 7 nitrogen and oxygen atoms in total. The maximum absolute atomic E-state index is 12.6. The molecule has 1 unspecified atom stereocenters. The van der Waals surface area contributed by atoms with Crippen LogP contribution in [0.25, 0.3) is 10.9 Å². The summed E-state index contributed by atoms with van der Waals surface area (Å²) in [7, 11) is 1.81. The molecule has 3 N–H and O–H groups in total. The number of piperidine rings is 1. The Kier molecular flexibility index (Phi) is 5.46. The highest BCUT2D eigenvalue weighted by Gasteiger charge is 2.34. The fourth-order valence-electron chi connectivity index (χ4n) is 3.91. The molecule has 2 saturated heterocycles. The molecule has 150 valence electrons. The zero-order valence-corrected chi connectivity index (χ0v) is 16.8. The molecule has 2 aliphatic heterocycles. The van der Waals surface area contributed by atoms with Crippen molar-refractivity contribution in [2.75, 3.05) is 33.2 Å². The number of aromatic amines is 1. The number of urea groups is 1. The van der Waals surface area contributed by atoms with E-state index in [-0.39, 0.29) is 23.9 Å². The summed E-state index contributed by atoms with van der Waals surface area (Å²) in [6.07, 6.45) is 1.85. The largest absolute Gasteiger partial charge is 0.357 e. The van der Waals surface area contributed by atoms with Crippen molar-refractivity contribution < 1.29 is 9.59 Å². The molecular weight excluding hydrogens is 378 g/mol. The zero-order valence-electron chi connectivity index (χ0n) is 16.0. The second-order valence-electron chi connectivity index (χ2n) is 7.73. The van der Waals surface area contributed by atoms with Crippen LogP contribution in [0.5, 0.6) is 0 Å². The van der Waals surface area contributed by atoms with Crippen LogP contribution in [-0.4, -0.2) is 66.0 Å². The molecule has 2 aromatic rings. The lowest BCUT2D eigenvalue weighted by Crippen LogP contribution is -2.57. The number of carbonyl (C=O) groups is 2. The molecule has 1 aromatic heterocycles. The number of rotatable bonds is 4. The summed E-state index contributed by atoms with van der Waals surface area (Å²) in [6, 6.07) is 7.59. The number of likely N-dealkylation sites (tertiary alicyclic amines) is 1. The van der Waals surface area contributed by atoms with Crippen LogP contribution < -0.4 is 10.6 Å². The summed E-state index contributed by atoms with van der Waals surface area (Å²) in [6.45, 7) is 3.36. The first-order valence-corrected chi connectivity index (χ1v) is 10.2. The normalized spacial score (nSPS) is 20.1. The van der Waals surface area contributed by atoms with Crippen LogP contribution in [-0.2, 0) is 11.3 Å². The van der Waals surface area contributed by atoms with E-state index in [2.05, 4.69) is 15.6 Å². The Bertz CT molecular complexity index is 879. The number of halogens is 1. The molecule has 0 saturated carbocycles. The van der Waals surface area contributed by atoms with E-state index in [1.807, 2.05) is 36.2 Å². The van der Waals surface area contributed by atoms with Crippen molar-refractivity contribution in [1.82, 2.24) is 25.4 Å². The molecule has 8 heteroatoms. The maximum atomic E-state index is 12.6. The van der Waals surface area contributed by atoms with Gasteiger partial charge in [0.25, 0.3) is 0 Å². The number of nitrogens with zero attached hydrogens (tertiary/aromatic N) is 2. The van der Waals surface area contributed by atoms with Crippen molar-refractivity contribution in [2.24, 2.45) is 5.92 Å². The second kappa shape index (κ2) is 8.01. The van der Waals surface area contributed by atoms with E-state index in [4.69, 9.17) is 11.6 Å². The maximum Gasteiger partial charge on any atom is 0.317 e. The third-order valence-electron chi connectivity index (χ3n) is 5.78. The van der Waals surface area contributed by atoms with E-state index in [1.165, 1.54) is 0 Å². The molecule has 1 aromatic carbocycles. The average Bonchev–Trinajstić information content (AvgIpc) is 3.06. The zero-order chi connectivity index (χ0) is 19.7. The number of aromatic nitrogens is 1. The summed E-state index contributed by atoms with van der Waals surface area (Å²) < 4.78 is 0. The van der Waals surface area contributed by atoms with Gasteiger partial charge in [0.1, 0.15) is 0 Å². The van der Waals surface area contributed by atoms with Crippen molar-refractivity contribution in [3.63, 3.8) is 0 Å². The summed E-state index contributed by atoms with van der Waals surface area (Å²) in [5.74, 6) is 0.322. The van der Waals surface area contributed by atoms with Gasteiger partial charge in [-0.2, -0.15) is 0 Å². The Balaban J connectivity index is 1.32. The number of amides is 3. The van der Waals surface area contributed by atoms with Gasteiger partial charge in [0.2, 0.25) is 5.91 Å². The Labute approximate surface area is 169 Å². The number of H-pyrrole nitrogens is 1. The molecular formula is C20H26ClN5O2. The summed E-state index contributed by atoms with van der Waals surface area (Å²) in [5, 5.41) is 7.83. The number of carbonyl (C=O) groups excluding carboxylic acids is 2. The van der Waals surface area contributed by atoms with Gasteiger partial charge in [-0.3, -0.25) is 4.79 Å². The molecule has 3 heterocycles. The number of likely N-dealkylation sites (N-methyl/N-ethyl adjacent to an activating group) is 1. The lowest BCUT2D eigenvalue weighted by Gasteiger charge is -2.40. The van der Waals surface area contributed by atoms with Gasteiger partial charge in [-0.15, -0.1) is 0 Å².